The molecule has 0 spiro atoms. The van der Waals surface area contributed by atoms with Gasteiger partial charge in [-0.05, 0) is 45.5 Å². The van der Waals surface area contributed by atoms with Crippen molar-refractivity contribution in [3.63, 3.8) is 0 Å². The van der Waals surface area contributed by atoms with Crippen molar-refractivity contribution in [3.8, 4) is 0 Å². The number of thioether (sulfide) groups is 1. The lowest BCUT2D eigenvalue weighted by Gasteiger charge is -2.40. The van der Waals surface area contributed by atoms with Crippen molar-refractivity contribution in [2.24, 2.45) is 0 Å². The first-order chi connectivity index (χ1) is 7.09. The lowest BCUT2D eigenvalue weighted by atomic mass is 10.1. The largest absolute Gasteiger partial charge is 0.269 e. The van der Waals surface area contributed by atoms with Crippen LogP contribution in [-0.4, -0.2) is 12.1 Å². The summed E-state index contributed by atoms with van der Waals surface area (Å²) < 4.78 is 1.00. The average Bonchev–Trinajstić information content (AvgIpc) is 2.57. The van der Waals surface area contributed by atoms with Crippen LogP contribution < -0.4 is 4.48 Å². The summed E-state index contributed by atoms with van der Waals surface area (Å²) in [4.78, 5) is 1.42. The summed E-state index contributed by atoms with van der Waals surface area (Å²) in [7, 11) is 0. The first-order valence-corrected chi connectivity index (χ1v) is 6.45. The van der Waals surface area contributed by atoms with E-state index in [0.29, 0.717) is 12.1 Å². The Kier molecular flexibility index (Phi) is 2.82. The van der Waals surface area contributed by atoms with Crippen molar-refractivity contribution in [1.82, 2.24) is 4.48 Å². The van der Waals surface area contributed by atoms with Gasteiger partial charge in [0.25, 0.3) is 0 Å². The second-order valence-electron chi connectivity index (χ2n) is 4.71. The van der Waals surface area contributed by atoms with Crippen LogP contribution in [-0.2, 0) is 0 Å². The van der Waals surface area contributed by atoms with E-state index < -0.39 is 0 Å². The average molecular weight is 221 g/mol. The predicted octanol–water partition coefficient (Wildman–Crippen LogP) is 4.04. The number of nitrogens with zero attached hydrogens (tertiary/aromatic N) is 1. The minimum Gasteiger partial charge on any atom is -0.269 e. The molecule has 0 unspecified atom stereocenters. The number of benzene rings is 1. The van der Waals surface area contributed by atoms with Crippen molar-refractivity contribution in [3.05, 3.63) is 30.1 Å². The topological polar surface area (TPSA) is 0 Å². The van der Waals surface area contributed by atoms with Crippen LogP contribution in [0.5, 0.6) is 0 Å². The number of hydrogen-bond acceptors (Lipinski definition) is 1. The molecular weight excluding hydrogens is 202 g/mol. The molecule has 1 heterocycles. The fraction of sp³-hybridized carbons (Fsp3) is 0.462. The minimum absolute atomic E-state index is 0.598. The van der Waals surface area contributed by atoms with Gasteiger partial charge in [-0.15, -0.1) is 0 Å². The molecule has 1 aliphatic heterocycles. The summed E-state index contributed by atoms with van der Waals surface area (Å²) in [6.07, 6.45) is 0. The Hall–Kier alpha value is -0.470. The summed E-state index contributed by atoms with van der Waals surface area (Å²) >= 11 is 1.88. The second-order valence-corrected chi connectivity index (χ2v) is 5.60. The Morgan fingerprint density at radius 2 is 1.60 bits per heavy atom. The molecule has 0 aromatic heterocycles. The summed E-state index contributed by atoms with van der Waals surface area (Å²) in [5.41, 5.74) is 1.47. The third-order valence-corrected chi connectivity index (χ3v) is 4.40. The monoisotopic (exact) mass is 221 g/mol. The van der Waals surface area contributed by atoms with Crippen LogP contribution in [0.25, 0.3) is 0 Å². The summed E-state index contributed by atoms with van der Waals surface area (Å²) in [5.74, 6) is 2.39. The normalized spacial score (nSPS) is 18.5. The molecule has 2 heteroatoms. The first-order valence-electron chi connectivity index (χ1n) is 5.57. The first kappa shape index (κ1) is 11.0. The molecule has 0 aliphatic carbocycles. The van der Waals surface area contributed by atoms with Gasteiger partial charge in [-0.1, -0.05) is 12.1 Å². The third-order valence-electron chi connectivity index (χ3n) is 3.35. The van der Waals surface area contributed by atoms with E-state index in [1.165, 1.54) is 10.6 Å². The highest BCUT2D eigenvalue weighted by atomic mass is 32.2. The Labute approximate surface area is 97.1 Å². The van der Waals surface area contributed by atoms with Crippen LogP contribution in [0.3, 0.4) is 0 Å². The third kappa shape index (κ3) is 1.51. The van der Waals surface area contributed by atoms with Crippen LogP contribution >= 0.6 is 11.8 Å². The molecule has 0 saturated carbocycles. The smallest absolute Gasteiger partial charge is 0.209 e. The van der Waals surface area contributed by atoms with Gasteiger partial charge in [-0.25, -0.2) is 0 Å². The van der Waals surface area contributed by atoms with E-state index in [2.05, 4.69) is 57.8 Å². The van der Waals surface area contributed by atoms with Gasteiger partial charge in [0, 0.05) is 6.07 Å². The molecule has 15 heavy (non-hydrogen) atoms. The summed E-state index contributed by atoms with van der Waals surface area (Å²) in [5, 5.41) is 0. The molecule has 1 aromatic rings. The highest BCUT2D eigenvalue weighted by Crippen LogP contribution is 2.49. The van der Waals surface area contributed by atoms with E-state index in [9.17, 15) is 0 Å². The SMILES string of the molecule is CC(C)[N+]1(C(C)C)[CH]Sc2ccccc21. The second kappa shape index (κ2) is 3.84. The van der Waals surface area contributed by atoms with E-state index >= 15 is 0 Å². The highest BCUT2D eigenvalue weighted by Gasteiger charge is 2.44. The van der Waals surface area contributed by atoms with E-state index in [0.717, 1.165) is 4.48 Å². The van der Waals surface area contributed by atoms with Gasteiger partial charge in [0.15, 0.2) is 0 Å². The molecule has 81 valence electrons. The number of rotatable bonds is 2. The molecule has 0 fully saturated rings. The maximum absolute atomic E-state index is 2.39. The zero-order valence-electron chi connectivity index (χ0n) is 9.90. The Balaban J connectivity index is 2.54. The van der Waals surface area contributed by atoms with Crippen LogP contribution in [0.2, 0.25) is 0 Å². The van der Waals surface area contributed by atoms with Crippen molar-refractivity contribution in [2.45, 2.75) is 44.7 Å². The Morgan fingerprint density at radius 3 is 2.20 bits per heavy atom. The van der Waals surface area contributed by atoms with Crippen molar-refractivity contribution in [2.75, 3.05) is 0 Å². The molecule has 0 saturated heterocycles. The van der Waals surface area contributed by atoms with Gasteiger partial charge in [-0.2, -0.15) is 0 Å². The molecule has 0 bridgehead atoms. The number of para-hydroxylation sites is 1. The predicted molar refractivity (Wildman–Crippen MR) is 68.7 cm³/mol. The highest BCUT2D eigenvalue weighted by molar-refractivity contribution is 8.01. The maximum atomic E-state index is 2.39. The maximum Gasteiger partial charge on any atom is 0.209 e. The lowest BCUT2D eigenvalue weighted by Crippen LogP contribution is -2.54. The lowest BCUT2D eigenvalue weighted by molar-refractivity contribution is 0.244. The molecule has 1 aliphatic rings. The van der Waals surface area contributed by atoms with Gasteiger partial charge >= 0.3 is 0 Å². The van der Waals surface area contributed by atoms with E-state index in [-0.39, 0.29) is 0 Å². The van der Waals surface area contributed by atoms with Crippen molar-refractivity contribution < 1.29 is 0 Å². The number of hydrogen-bond donors (Lipinski definition) is 0. The molecule has 0 atom stereocenters. The molecule has 1 nitrogen and oxygen atoms in total. The van der Waals surface area contributed by atoms with Gasteiger partial charge in [-0.3, -0.25) is 4.48 Å². The fourth-order valence-corrected chi connectivity index (χ4v) is 3.87. The molecule has 1 radical (unpaired) electrons. The van der Waals surface area contributed by atoms with Gasteiger partial charge in [0.05, 0.1) is 17.0 Å². The van der Waals surface area contributed by atoms with Crippen molar-refractivity contribution in [1.29, 1.82) is 0 Å². The molecule has 2 rings (SSSR count). The fourth-order valence-electron chi connectivity index (χ4n) is 2.47. The molecule has 1 aromatic carbocycles. The molecule has 0 N–H and O–H groups in total. The Morgan fingerprint density at radius 1 is 1.00 bits per heavy atom. The van der Waals surface area contributed by atoms with Crippen LogP contribution in [0, 0.1) is 5.88 Å². The molecular formula is C13H19NS+. The van der Waals surface area contributed by atoms with E-state index in [1.807, 2.05) is 11.8 Å². The standard InChI is InChI=1S/C13H19NS/c1-10(2)14(11(3)4)9-15-13-8-6-5-7-12(13)14/h5-11H,1-4H3/q+1. The minimum atomic E-state index is 0.598. The number of quaternary nitrogens is 1. The van der Waals surface area contributed by atoms with Gasteiger partial charge in [0.2, 0.25) is 5.88 Å². The summed E-state index contributed by atoms with van der Waals surface area (Å²) in [6.45, 7) is 9.22. The van der Waals surface area contributed by atoms with E-state index in [1.54, 1.807) is 0 Å². The summed E-state index contributed by atoms with van der Waals surface area (Å²) in [6, 6.07) is 9.96. The zero-order valence-corrected chi connectivity index (χ0v) is 10.7. The van der Waals surface area contributed by atoms with Crippen LogP contribution in [0.1, 0.15) is 27.7 Å². The van der Waals surface area contributed by atoms with E-state index in [4.69, 9.17) is 0 Å². The van der Waals surface area contributed by atoms with Crippen LogP contribution in [0.4, 0.5) is 5.69 Å². The Bertz CT molecular complexity index is 349. The van der Waals surface area contributed by atoms with Crippen LogP contribution in [0.15, 0.2) is 29.2 Å². The van der Waals surface area contributed by atoms with Crippen molar-refractivity contribution >= 4 is 17.4 Å². The van der Waals surface area contributed by atoms with Gasteiger partial charge in [0.1, 0.15) is 5.69 Å². The van der Waals surface area contributed by atoms with Gasteiger partial charge < -0.3 is 0 Å². The molecule has 0 amide bonds. The quantitative estimate of drug-likeness (QED) is 0.679. The zero-order chi connectivity index (χ0) is 11.1. The number of fused-ring (bicyclic) bond motifs is 1.